The molecule has 1 amide bonds. The molecule has 1 aromatic heterocycles. The molecule has 140 valence electrons. The first kappa shape index (κ1) is 17.7. The van der Waals surface area contributed by atoms with Crippen molar-refractivity contribution in [3.05, 3.63) is 58.4 Å². The summed E-state index contributed by atoms with van der Waals surface area (Å²) in [5.41, 5.74) is 5.93. The molecule has 1 N–H and O–H groups in total. The minimum Gasteiger partial charge on any atom is -0.464 e. The average Bonchev–Trinajstić information content (AvgIpc) is 2.67. The number of benzene rings is 1. The third kappa shape index (κ3) is 3.22. The highest BCUT2D eigenvalue weighted by Crippen LogP contribution is 2.46. The number of nitrogens with one attached hydrogen (secondary N) is 1. The third-order valence-electron chi connectivity index (χ3n) is 5.93. The SMILES string of the molecule is COC(=O)c1ccc(NC(=O)c2cc3c4c(c2)CCCC4(C)CCC3)cn1. The van der Waals surface area contributed by atoms with Gasteiger partial charge in [-0.15, -0.1) is 0 Å². The fourth-order valence-electron chi connectivity index (χ4n) is 4.68. The number of aryl methyl sites for hydroxylation is 2. The summed E-state index contributed by atoms with van der Waals surface area (Å²) in [6, 6.07) is 7.33. The molecule has 0 aliphatic heterocycles. The van der Waals surface area contributed by atoms with Crippen molar-refractivity contribution in [1.29, 1.82) is 0 Å². The van der Waals surface area contributed by atoms with E-state index in [4.69, 9.17) is 0 Å². The number of carbonyl (C=O) groups excluding carboxylic acids is 2. The fourth-order valence-corrected chi connectivity index (χ4v) is 4.68. The fraction of sp³-hybridized carbons (Fsp3) is 0.409. The summed E-state index contributed by atoms with van der Waals surface area (Å²) in [5.74, 6) is -0.635. The Morgan fingerprint density at radius 1 is 1.11 bits per heavy atom. The molecule has 4 rings (SSSR count). The van der Waals surface area contributed by atoms with E-state index in [1.165, 1.54) is 55.7 Å². The van der Waals surface area contributed by atoms with E-state index in [1.54, 1.807) is 12.1 Å². The third-order valence-corrected chi connectivity index (χ3v) is 5.93. The van der Waals surface area contributed by atoms with Gasteiger partial charge in [-0.3, -0.25) is 4.79 Å². The first-order valence-corrected chi connectivity index (χ1v) is 9.52. The summed E-state index contributed by atoms with van der Waals surface area (Å²) in [6.07, 6.45) is 8.44. The molecule has 0 saturated heterocycles. The minimum absolute atomic E-state index is 0.139. The highest BCUT2D eigenvalue weighted by molar-refractivity contribution is 6.04. The van der Waals surface area contributed by atoms with Gasteiger partial charge < -0.3 is 10.1 Å². The maximum absolute atomic E-state index is 12.8. The smallest absolute Gasteiger partial charge is 0.356 e. The molecule has 27 heavy (non-hydrogen) atoms. The van der Waals surface area contributed by atoms with Gasteiger partial charge in [-0.1, -0.05) is 6.92 Å². The molecule has 0 bridgehead atoms. The molecular formula is C22H24N2O3. The van der Waals surface area contributed by atoms with E-state index in [0.29, 0.717) is 11.3 Å². The van der Waals surface area contributed by atoms with Crippen LogP contribution in [0.3, 0.4) is 0 Å². The highest BCUT2D eigenvalue weighted by Gasteiger charge is 2.36. The molecule has 5 heteroatoms. The van der Waals surface area contributed by atoms with Crippen molar-refractivity contribution in [3.8, 4) is 0 Å². The number of amides is 1. The van der Waals surface area contributed by atoms with E-state index < -0.39 is 5.97 Å². The Labute approximate surface area is 159 Å². The molecule has 0 atom stereocenters. The van der Waals surface area contributed by atoms with Crippen LogP contribution in [0.1, 0.15) is 70.1 Å². The van der Waals surface area contributed by atoms with Crippen molar-refractivity contribution in [3.63, 3.8) is 0 Å². The number of hydrogen-bond donors (Lipinski definition) is 1. The summed E-state index contributed by atoms with van der Waals surface area (Å²) in [4.78, 5) is 28.3. The van der Waals surface area contributed by atoms with Gasteiger partial charge in [0, 0.05) is 5.56 Å². The monoisotopic (exact) mass is 364 g/mol. The topological polar surface area (TPSA) is 68.3 Å². The number of nitrogens with zero attached hydrogens (tertiary/aromatic N) is 1. The molecule has 1 aromatic carbocycles. The second-order valence-corrected chi connectivity index (χ2v) is 7.82. The lowest BCUT2D eigenvalue weighted by Gasteiger charge is -2.41. The van der Waals surface area contributed by atoms with Gasteiger partial charge in [-0.2, -0.15) is 0 Å². The Morgan fingerprint density at radius 3 is 2.33 bits per heavy atom. The maximum Gasteiger partial charge on any atom is 0.356 e. The Hall–Kier alpha value is -2.69. The van der Waals surface area contributed by atoms with Crippen LogP contribution in [-0.4, -0.2) is 24.0 Å². The largest absolute Gasteiger partial charge is 0.464 e. The quantitative estimate of drug-likeness (QED) is 0.834. The Balaban J connectivity index is 1.59. The van der Waals surface area contributed by atoms with Crippen LogP contribution < -0.4 is 5.32 Å². The Kier molecular flexibility index (Phi) is 4.46. The van der Waals surface area contributed by atoms with Crippen molar-refractivity contribution in [2.45, 2.75) is 50.9 Å². The summed E-state index contributed by atoms with van der Waals surface area (Å²) in [7, 11) is 1.31. The van der Waals surface area contributed by atoms with Crippen LogP contribution in [-0.2, 0) is 23.0 Å². The lowest BCUT2D eigenvalue weighted by atomic mass is 9.63. The summed E-state index contributed by atoms with van der Waals surface area (Å²) in [5, 5.41) is 2.89. The van der Waals surface area contributed by atoms with E-state index in [-0.39, 0.29) is 17.0 Å². The molecular weight excluding hydrogens is 340 g/mol. The van der Waals surface area contributed by atoms with Crippen LogP contribution in [0.25, 0.3) is 0 Å². The summed E-state index contributed by atoms with van der Waals surface area (Å²) in [6.45, 7) is 2.38. The molecule has 0 radical (unpaired) electrons. The standard InChI is InChI=1S/C22H24N2O3/c1-22-9-3-5-14-11-16(12-15(19(14)22)6-4-10-22)20(25)24-17-7-8-18(23-13-17)21(26)27-2/h7-8,11-13H,3-6,9-10H2,1-2H3,(H,24,25). The lowest BCUT2D eigenvalue weighted by Crippen LogP contribution is -2.33. The van der Waals surface area contributed by atoms with E-state index in [1.807, 2.05) is 0 Å². The zero-order valence-corrected chi connectivity index (χ0v) is 15.8. The number of methoxy groups -OCH3 is 1. The highest BCUT2D eigenvalue weighted by atomic mass is 16.5. The number of aromatic nitrogens is 1. The van der Waals surface area contributed by atoms with Gasteiger partial charge in [0.2, 0.25) is 0 Å². The van der Waals surface area contributed by atoms with Crippen LogP contribution in [0.2, 0.25) is 0 Å². The van der Waals surface area contributed by atoms with Crippen LogP contribution in [0.15, 0.2) is 30.5 Å². The van der Waals surface area contributed by atoms with Crippen LogP contribution in [0.4, 0.5) is 5.69 Å². The number of ether oxygens (including phenoxy) is 1. The second-order valence-electron chi connectivity index (χ2n) is 7.82. The van der Waals surface area contributed by atoms with E-state index in [0.717, 1.165) is 12.8 Å². The number of anilines is 1. The van der Waals surface area contributed by atoms with Gasteiger partial charge >= 0.3 is 5.97 Å². The predicted octanol–water partition coefficient (Wildman–Crippen LogP) is 4.05. The Morgan fingerprint density at radius 2 is 1.78 bits per heavy atom. The van der Waals surface area contributed by atoms with Crippen molar-refractivity contribution in [2.24, 2.45) is 0 Å². The van der Waals surface area contributed by atoms with Crippen LogP contribution >= 0.6 is 0 Å². The Bertz CT molecular complexity index is 871. The van der Waals surface area contributed by atoms with Gasteiger partial charge in [0.15, 0.2) is 0 Å². The van der Waals surface area contributed by atoms with E-state index in [2.05, 4.69) is 34.1 Å². The van der Waals surface area contributed by atoms with Crippen molar-refractivity contribution >= 4 is 17.6 Å². The van der Waals surface area contributed by atoms with E-state index in [9.17, 15) is 9.59 Å². The molecule has 5 nitrogen and oxygen atoms in total. The first-order valence-electron chi connectivity index (χ1n) is 9.52. The molecule has 0 unspecified atom stereocenters. The molecule has 0 fully saturated rings. The normalized spacial score (nSPS) is 17.0. The minimum atomic E-state index is -0.496. The molecule has 2 aliphatic carbocycles. The molecule has 2 aliphatic rings. The number of rotatable bonds is 3. The molecule has 2 aromatic rings. The predicted molar refractivity (Wildman–Crippen MR) is 103 cm³/mol. The van der Waals surface area contributed by atoms with Crippen molar-refractivity contribution < 1.29 is 14.3 Å². The maximum atomic E-state index is 12.8. The molecule has 1 heterocycles. The van der Waals surface area contributed by atoms with Gasteiger partial charge in [0.25, 0.3) is 5.91 Å². The number of hydrogen-bond acceptors (Lipinski definition) is 4. The van der Waals surface area contributed by atoms with Gasteiger partial charge in [-0.25, -0.2) is 9.78 Å². The number of carbonyl (C=O) groups is 2. The molecule has 0 saturated carbocycles. The van der Waals surface area contributed by atoms with Crippen molar-refractivity contribution in [1.82, 2.24) is 4.98 Å². The number of esters is 1. The van der Waals surface area contributed by atoms with E-state index >= 15 is 0 Å². The zero-order chi connectivity index (χ0) is 19.0. The van der Waals surface area contributed by atoms with Gasteiger partial charge in [0.1, 0.15) is 5.69 Å². The first-order chi connectivity index (χ1) is 13.0. The summed E-state index contributed by atoms with van der Waals surface area (Å²) >= 11 is 0. The summed E-state index contributed by atoms with van der Waals surface area (Å²) < 4.78 is 4.64. The van der Waals surface area contributed by atoms with Gasteiger partial charge in [-0.05, 0) is 84.9 Å². The van der Waals surface area contributed by atoms with Crippen LogP contribution in [0.5, 0.6) is 0 Å². The number of pyridine rings is 1. The van der Waals surface area contributed by atoms with Crippen molar-refractivity contribution in [2.75, 3.05) is 12.4 Å². The van der Waals surface area contributed by atoms with Crippen LogP contribution in [0, 0.1) is 0 Å². The average molecular weight is 364 g/mol. The van der Waals surface area contributed by atoms with Gasteiger partial charge in [0.05, 0.1) is 19.0 Å². The lowest BCUT2D eigenvalue weighted by molar-refractivity contribution is 0.0594. The second kappa shape index (κ2) is 6.80. The zero-order valence-electron chi connectivity index (χ0n) is 15.8. The molecule has 0 spiro atoms.